The van der Waals surface area contributed by atoms with E-state index < -0.39 is 6.04 Å². The fourth-order valence-corrected chi connectivity index (χ4v) is 1.58. The summed E-state index contributed by atoms with van der Waals surface area (Å²) < 4.78 is 6.45. The molecule has 100 valence electrons. The van der Waals surface area contributed by atoms with E-state index >= 15 is 0 Å². The van der Waals surface area contributed by atoms with E-state index in [-0.39, 0.29) is 24.9 Å². The highest BCUT2D eigenvalue weighted by atomic mass is 16.5. The first-order valence-electron chi connectivity index (χ1n) is 5.57. The van der Waals surface area contributed by atoms with Gasteiger partial charge in [0.15, 0.2) is 5.78 Å². The van der Waals surface area contributed by atoms with Crippen LogP contribution in [0.2, 0.25) is 0 Å². The number of ether oxygens (including phenoxy) is 1. The van der Waals surface area contributed by atoms with Crippen LogP contribution in [0, 0.1) is 0 Å². The van der Waals surface area contributed by atoms with Gasteiger partial charge in [-0.05, 0) is 13.0 Å². The standard InChI is InChI=1S/C12H18N2O4/c1-8(16)9-4-11(14(2)5-9)12(17)13-10(6-15)7-18-3/h4-5,10,15H,6-7H2,1-3H3,(H,13,17). The van der Waals surface area contributed by atoms with E-state index in [0.717, 1.165) is 0 Å². The van der Waals surface area contributed by atoms with Crippen LogP contribution < -0.4 is 5.32 Å². The number of aliphatic hydroxyl groups is 1. The molecule has 0 aromatic carbocycles. The van der Waals surface area contributed by atoms with Crippen molar-refractivity contribution in [3.8, 4) is 0 Å². The Morgan fingerprint density at radius 1 is 1.56 bits per heavy atom. The number of rotatable bonds is 6. The lowest BCUT2D eigenvalue weighted by molar-refractivity contribution is 0.0832. The first-order valence-corrected chi connectivity index (χ1v) is 5.57. The van der Waals surface area contributed by atoms with E-state index in [1.165, 1.54) is 20.1 Å². The number of methoxy groups -OCH3 is 1. The number of carbonyl (C=O) groups is 2. The lowest BCUT2D eigenvalue weighted by Gasteiger charge is -2.15. The second kappa shape index (κ2) is 6.32. The number of carbonyl (C=O) groups excluding carboxylic acids is 2. The first kappa shape index (κ1) is 14.4. The van der Waals surface area contributed by atoms with Crippen molar-refractivity contribution in [2.75, 3.05) is 20.3 Å². The molecule has 1 rings (SSSR count). The Morgan fingerprint density at radius 2 is 2.22 bits per heavy atom. The molecular weight excluding hydrogens is 236 g/mol. The maximum atomic E-state index is 11.9. The summed E-state index contributed by atoms with van der Waals surface area (Å²) in [6.45, 7) is 1.47. The molecule has 0 radical (unpaired) electrons. The van der Waals surface area contributed by atoms with Crippen molar-refractivity contribution in [3.05, 3.63) is 23.5 Å². The first-order chi connectivity index (χ1) is 8.49. The number of nitrogens with zero attached hydrogens (tertiary/aromatic N) is 1. The third-order valence-corrected chi connectivity index (χ3v) is 2.57. The fraction of sp³-hybridized carbons (Fsp3) is 0.500. The van der Waals surface area contributed by atoms with Gasteiger partial charge in [-0.15, -0.1) is 0 Å². The fourth-order valence-electron chi connectivity index (χ4n) is 1.58. The van der Waals surface area contributed by atoms with Crippen molar-refractivity contribution >= 4 is 11.7 Å². The Morgan fingerprint density at radius 3 is 2.67 bits per heavy atom. The predicted molar refractivity (Wildman–Crippen MR) is 65.6 cm³/mol. The zero-order chi connectivity index (χ0) is 13.7. The van der Waals surface area contributed by atoms with Crippen LogP contribution in [0.3, 0.4) is 0 Å². The molecule has 0 bridgehead atoms. The Balaban J connectivity index is 2.80. The number of aliphatic hydroxyl groups excluding tert-OH is 1. The summed E-state index contributed by atoms with van der Waals surface area (Å²) in [6.07, 6.45) is 1.60. The summed E-state index contributed by atoms with van der Waals surface area (Å²) in [7, 11) is 3.18. The number of aryl methyl sites for hydroxylation is 1. The minimum absolute atomic E-state index is 0.0970. The third kappa shape index (κ3) is 3.41. The molecule has 0 aliphatic rings. The summed E-state index contributed by atoms with van der Waals surface area (Å²) in [4.78, 5) is 23.1. The van der Waals surface area contributed by atoms with Crippen LogP contribution in [0.4, 0.5) is 0 Å². The number of amides is 1. The van der Waals surface area contributed by atoms with Gasteiger partial charge >= 0.3 is 0 Å². The van der Waals surface area contributed by atoms with E-state index in [4.69, 9.17) is 9.84 Å². The van der Waals surface area contributed by atoms with Gasteiger partial charge in [0.05, 0.1) is 19.3 Å². The predicted octanol–water partition coefficient (Wildman–Crippen LogP) is -0.0352. The highest BCUT2D eigenvalue weighted by Gasteiger charge is 2.17. The molecule has 0 aliphatic carbocycles. The molecule has 1 aromatic heterocycles. The normalized spacial score (nSPS) is 12.2. The van der Waals surface area contributed by atoms with Crippen LogP contribution in [0.15, 0.2) is 12.3 Å². The quantitative estimate of drug-likeness (QED) is 0.698. The largest absolute Gasteiger partial charge is 0.394 e. The SMILES string of the molecule is COCC(CO)NC(=O)c1cc(C(C)=O)cn1C. The maximum Gasteiger partial charge on any atom is 0.268 e. The third-order valence-electron chi connectivity index (χ3n) is 2.57. The van der Waals surface area contributed by atoms with Gasteiger partial charge in [-0.3, -0.25) is 9.59 Å². The van der Waals surface area contributed by atoms with E-state index in [1.807, 2.05) is 0 Å². The van der Waals surface area contributed by atoms with E-state index in [9.17, 15) is 9.59 Å². The Bertz CT molecular complexity index is 439. The highest BCUT2D eigenvalue weighted by Crippen LogP contribution is 2.08. The van der Waals surface area contributed by atoms with Crippen molar-refractivity contribution in [1.82, 2.24) is 9.88 Å². The smallest absolute Gasteiger partial charge is 0.268 e. The Hall–Kier alpha value is -1.66. The molecule has 0 spiro atoms. The average Bonchev–Trinajstić information content (AvgIpc) is 2.71. The summed E-state index contributed by atoms with van der Waals surface area (Å²) in [5.41, 5.74) is 0.852. The van der Waals surface area contributed by atoms with Gasteiger partial charge in [-0.2, -0.15) is 0 Å². The van der Waals surface area contributed by atoms with Crippen molar-refractivity contribution in [2.24, 2.45) is 7.05 Å². The Labute approximate surface area is 106 Å². The second-order valence-corrected chi connectivity index (χ2v) is 4.09. The van der Waals surface area contributed by atoms with E-state index in [2.05, 4.69) is 5.32 Å². The topological polar surface area (TPSA) is 80.6 Å². The van der Waals surface area contributed by atoms with Gasteiger partial charge in [0.2, 0.25) is 0 Å². The van der Waals surface area contributed by atoms with Crippen molar-refractivity contribution < 1.29 is 19.4 Å². The number of ketones is 1. The zero-order valence-electron chi connectivity index (χ0n) is 10.8. The molecule has 6 nitrogen and oxygen atoms in total. The average molecular weight is 254 g/mol. The van der Waals surface area contributed by atoms with E-state index in [1.54, 1.807) is 17.8 Å². The Kier molecular flexibility index (Phi) is 5.06. The molecule has 1 amide bonds. The highest BCUT2D eigenvalue weighted by molar-refractivity contribution is 5.99. The molecule has 1 aromatic rings. The number of aromatic nitrogens is 1. The van der Waals surface area contributed by atoms with Crippen LogP contribution in [0.1, 0.15) is 27.8 Å². The molecule has 0 fully saturated rings. The van der Waals surface area contributed by atoms with Crippen molar-refractivity contribution in [1.29, 1.82) is 0 Å². The van der Waals surface area contributed by atoms with Gasteiger partial charge in [0.25, 0.3) is 5.91 Å². The van der Waals surface area contributed by atoms with Gasteiger partial charge in [0.1, 0.15) is 5.69 Å². The number of hydrogen-bond acceptors (Lipinski definition) is 4. The van der Waals surface area contributed by atoms with E-state index in [0.29, 0.717) is 11.3 Å². The molecule has 6 heteroatoms. The molecule has 0 saturated heterocycles. The van der Waals surface area contributed by atoms with Gasteiger partial charge in [-0.1, -0.05) is 0 Å². The molecule has 18 heavy (non-hydrogen) atoms. The van der Waals surface area contributed by atoms with Crippen molar-refractivity contribution in [3.63, 3.8) is 0 Å². The molecule has 2 N–H and O–H groups in total. The van der Waals surface area contributed by atoms with Gasteiger partial charge < -0.3 is 19.7 Å². The summed E-state index contributed by atoms with van der Waals surface area (Å²) in [5.74, 6) is -0.443. The summed E-state index contributed by atoms with van der Waals surface area (Å²) >= 11 is 0. The molecule has 1 atom stereocenters. The van der Waals surface area contributed by atoms with Crippen LogP contribution in [-0.2, 0) is 11.8 Å². The van der Waals surface area contributed by atoms with Crippen LogP contribution in [-0.4, -0.2) is 47.7 Å². The maximum absolute atomic E-state index is 11.9. The molecule has 1 heterocycles. The second-order valence-electron chi connectivity index (χ2n) is 4.09. The number of nitrogens with one attached hydrogen (secondary N) is 1. The minimum atomic E-state index is -0.460. The van der Waals surface area contributed by atoms with Crippen LogP contribution in [0.5, 0.6) is 0 Å². The monoisotopic (exact) mass is 254 g/mol. The molecule has 0 saturated carbocycles. The van der Waals surface area contributed by atoms with Crippen LogP contribution in [0.25, 0.3) is 0 Å². The van der Waals surface area contributed by atoms with Gasteiger partial charge in [0, 0.05) is 25.9 Å². The summed E-state index contributed by atoms with van der Waals surface area (Å²) in [6, 6.07) is 1.07. The lowest BCUT2D eigenvalue weighted by atomic mass is 10.2. The molecule has 1 unspecified atom stereocenters. The summed E-state index contributed by atoms with van der Waals surface area (Å²) in [5, 5.41) is 11.7. The lowest BCUT2D eigenvalue weighted by Crippen LogP contribution is -2.41. The van der Waals surface area contributed by atoms with Crippen LogP contribution >= 0.6 is 0 Å². The minimum Gasteiger partial charge on any atom is -0.394 e. The van der Waals surface area contributed by atoms with Crippen molar-refractivity contribution in [2.45, 2.75) is 13.0 Å². The molecule has 0 aliphatic heterocycles. The number of Topliss-reactive ketones (excluding diaryl/α,β-unsaturated/α-hetero) is 1. The van der Waals surface area contributed by atoms with Gasteiger partial charge in [-0.25, -0.2) is 0 Å². The number of hydrogen-bond donors (Lipinski definition) is 2. The molecular formula is C12H18N2O4. The zero-order valence-corrected chi connectivity index (χ0v) is 10.8.